The number of hydrogen-bond donors (Lipinski definition) is 3. The summed E-state index contributed by atoms with van der Waals surface area (Å²) in [5.74, 6) is -0.418. The summed E-state index contributed by atoms with van der Waals surface area (Å²) in [7, 11) is 0. The van der Waals surface area contributed by atoms with Gasteiger partial charge < -0.3 is 16.8 Å². The second kappa shape index (κ2) is 3.20. The van der Waals surface area contributed by atoms with Gasteiger partial charge in [0.1, 0.15) is 5.00 Å². The molecule has 1 rings (SSSR count). The summed E-state index contributed by atoms with van der Waals surface area (Å²) in [6, 6.07) is 0. The zero-order valence-corrected chi connectivity index (χ0v) is 6.52. The average Bonchev–Trinajstić information content (AvgIpc) is 2.31. The number of carbonyl (C=O) groups excluding carboxylic acids is 1. The number of hydrogen-bond acceptors (Lipinski definition) is 5. The highest BCUT2D eigenvalue weighted by atomic mass is 32.1. The zero-order chi connectivity index (χ0) is 8.27. The van der Waals surface area contributed by atoms with Crippen molar-refractivity contribution in [3.8, 4) is 0 Å². The molecule has 0 aliphatic rings. The number of nitrogens with zero attached hydrogens (tertiary/aromatic N) is 1. The van der Waals surface area contributed by atoms with Crippen LogP contribution < -0.4 is 16.8 Å². The first-order chi connectivity index (χ1) is 5.18. The lowest BCUT2D eigenvalue weighted by Gasteiger charge is -1.95. The normalized spacial score (nSPS) is 9.45. The zero-order valence-electron chi connectivity index (χ0n) is 5.70. The van der Waals surface area contributed by atoms with Gasteiger partial charge in [0.05, 0.1) is 12.7 Å². The number of carbonyl (C=O) groups is 1. The minimum atomic E-state index is -0.418. The van der Waals surface area contributed by atoms with Crippen molar-refractivity contribution in [3.05, 3.63) is 6.20 Å². The van der Waals surface area contributed by atoms with Gasteiger partial charge in [0.2, 0.25) is 5.91 Å². The van der Waals surface area contributed by atoms with Crippen molar-refractivity contribution < 1.29 is 4.79 Å². The Morgan fingerprint density at radius 3 is 3.00 bits per heavy atom. The Morgan fingerprint density at radius 1 is 1.82 bits per heavy atom. The average molecular weight is 172 g/mol. The van der Waals surface area contributed by atoms with Crippen molar-refractivity contribution in [1.82, 2.24) is 4.98 Å². The minimum absolute atomic E-state index is 0.0902. The van der Waals surface area contributed by atoms with Gasteiger partial charge in [0, 0.05) is 0 Å². The Bertz CT molecular complexity index is 259. The van der Waals surface area contributed by atoms with Crippen LogP contribution in [0.25, 0.3) is 0 Å². The van der Waals surface area contributed by atoms with E-state index < -0.39 is 5.91 Å². The van der Waals surface area contributed by atoms with E-state index in [1.807, 2.05) is 0 Å². The van der Waals surface area contributed by atoms with Crippen LogP contribution in [-0.4, -0.2) is 17.4 Å². The van der Waals surface area contributed by atoms with Gasteiger partial charge in [-0.2, -0.15) is 0 Å². The molecule has 0 fully saturated rings. The number of anilines is 2. The number of nitrogens with one attached hydrogen (secondary N) is 1. The molecule has 0 saturated heterocycles. The van der Waals surface area contributed by atoms with Crippen molar-refractivity contribution >= 4 is 27.4 Å². The summed E-state index contributed by atoms with van der Waals surface area (Å²) in [6.45, 7) is 0.0902. The van der Waals surface area contributed by atoms with E-state index in [0.717, 1.165) is 0 Å². The SMILES string of the molecule is NC(=O)CNc1ncc(N)s1. The molecule has 6 heteroatoms. The molecule has 0 aliphatic heterocycles. The van der Waals surface area contributed by atoms with Crippen LogP contribution in [0.2, 0.25) is 0 Å². The predicted molar refractivity (Wildman–Crippen MR) is 44.2 cm³/mol. The molecule has 0 unspecified atom stereocenters. The van der Waals surface area contributed by atoms with Gasteiger partial charge in [-0.1, -0.05) is 11.3 Å². The van der Waals surface area contributed by atoms with Crippen LogP contribution in [0.5, 0.6) is 0 Å². The fourth-order valence-corrected chi connectivity index (χ4v) is 1.11. The Hall–Kier alpha value is -1.30. The van der Waals surface area contributed by atoms with Crippen LogP contribution in [0, 0.1) is 0 Å². The molecule has 11 heavy (non-hydrogen) atoms. The fourth-order valence-electron chi connectivity index (χ4n) is 0.531. The number of primary amides is 1. The summed E-state index contributed by atoms with van der Waals surface area (Å²) in [5, 5.41) is 3.94. The first kappa shape index (κ1) is 7.80. The summed E-state index contributed by atoms with van der Waals surface area (Å²) >= 11 is 1.28. The molecule has 1 aromatic heterocycles. The van der Waals surface area contributed by atoms with E-state index in [-0.39, 0.29) is 6.54 Å². The molecular weight excluding hydrogens is 164 g/mol. The van der Waals surface area contributed by atoms with Gasteiger partial charge in [0.15, 0.2) is 5.13 Å². The molecule has 0 saturated carbocycles. The molecule has 0 bridgehead atoms. The van der Waals surface area contributed by atoms with Crippen molar-refractivity contribution in [2.75, 3.05) is 17.6 Å². The molecule has 1 aromatic rings. The fraction of sp³-hybridized carbons (Fsp3) is 0.200. The van der Waals surface area contributed by atoms with E-state index >= 15 is 0 Å². The van der Waals surface area contributed by atoms with E-state index in [9.17, 15) is 4.79 Å². The molecule has 0 aliphatic carbocycles. The standard InChI is InChI=1S/C5H8N4OS/c6-3(10)1-8-5-9-2-4(7)11-5/h2H,1,7H2,(H2,6,10)(H,8,9). The van der Waals surface area contributed by atoms with Crippen molar-refractivity contribution in [1.29, 1.82) is 0 Å². The number of amides is 1. The maximum Gasteiger partial charge on any atom is 0.236 e. The van der Waals surface area contributed by atoms with Gasteiger partial charge in [-0.05, 0) is 0 Å². The number of rotatable bonds is 3. The molecule has 5 N–H and O–H groups in total. The molecule has 0 spiro atoms. The predicted octanol–water partition coefficient (Wildman–Crippen LogP) is -0.378. The molecule has 5 nitrogen and oxygen atoms in total. The third-order valence-electron chi connectivity index (χ3n) is 0.937. The van der Waals surface area contributed by atoms with E-state index in [1.165, 1.54) is 17.5 Å². The quantitative estimate of drug-likeness (QED) is 0.579. The summed E-state index contributed by atoms with van der Waals surface area (Å²) in [4.78, 5) is 14.1. The first-order valence-electron chi connectivity index (χ1n) is 2.92. The molecule has 1 amide bonds. The van der Waals surface area contributed by atoms with Crippen LogP contribution in [-0.2, 0) is 4.79 Å². The number of thiazole rings is 1. The van der Waals surface area contributed by atoms with Gasteiger partial charge in [-0.3, -0.25) is 4.79 Å². The summed E-state index contributed by atoms with van der Waals surface area (Å²) in [6.07, 6.45) is 1.52. The Labute approximate surface area is 67.4 Å². The largest absolute Gasteiger partial charge is 0.389 e. The minimum Gasteiger partial charge on any atom is -0.389 e. The Kier molecular flexibility index (Phi) is 2.27. The van der Waals surface area contributed by atoms with Crippen LogP contribution in [0.1, 0.15) is 0 Å². The molecular formula is C5H8N4OS. The topological polar surface area (TPSA) is 94.0 Å². The maximum atomic E-state index is 10.3. The second-order valence-corrected chi connectivity index (χ2v) is 2.95. The first-order valence-corrected chi connectivity index (χ1v) is 3.73. The Balaban J connectivity index is 2.45. The highest BCUT2D eigenvalue weighted by Crippen LogP contribution is 2.18. The maximum absolute atomic E-state index is 10.3. The van der Waals surface area contributed by atoms with E-state index in [4.69, 9.17) is 11.5 Å². The van der Waals surface area contributed by atoms with E-state index in [0.29, 0.717) is 10.1 Å². The van der Waals surface area contributed by atoms with Gasteiger partial charge in [-0.25, -0.2) is 4.98 Å². The lowest BCUT2D eigenvalue weighted by Crippen LogP contribution is -2.21. The lowest BCUT2D eigenvalue weighted by molar-refractivity contribution is -0.116. The monoisotopic (exact) mass is 172 g/mol. The second-order valence-electron chi connectivity index (χ2n) is 1.89. The van der Waals surface area contributed by atoms with E-state index in [1.54, 1.807) is 0 Å². The summed E-state index contributed by atoms with van der Waals surface area (Å²) < 4.78 is 0. The summed E-state index contributed by atoms with van der Waals surface area (Å²) in [5.41, 5.74) is 10.3. The number of nitrogens with two attached hydrogens (primary N) is 2. The molecule has 0 aromatic carbocycles. The van der Waals surface area contributed by atoms with Crippen LogP contribution in [0.3, 0.4) is 0 Å². The van der Waals surface area contributed by atoms with E-state index in [2.05, 4.69) is 10.3 Å². The third-order valence-corrected chi connectivity index (χ3v) is 1.72. The molecule has 60 valence electrons. The van der Waals surface area contributed by atoms with Crippen LogP contribution in [0.15, 0.2) is 6.20 Å². The van der Waals surface area contributed by atoms with Crippen LogP contribution in [0.4, 0.5) is 10.1 Å². The van der Waals surface area contributed by atoms with Crippen molar-refractivity contribution in [2.45, 2.75) is 0 Å². The lowest BCUT2D eigenvalue weighted by atomic mass is 10.6. The Morgan fingerprint density at radius 2 is 2.55 bits per heavy atom. The van der Waals surface area contributed by atoms with Gasteiger partial charge in [0.25, 0.3) is 0 Å². The molecule has 1 heterocycles. The number of nitrogen functional groups attached to an aromatic ring is 1. The third kappa shape index (κ3) is 2.42. The van der Waals surface area contributed by atoms with Crippen molar-refractivity contribution in [3.63, 3.8) is 0 Å². The highest BCUT2D eigenvalue weighted by molar-refractivity contribution is 7.19. The van der Waals surface area contributed by atoms with Gasteiger partial charge in [-0.15, -0.1) is 0 Å². The van der Waals surface area contributed by atoms with Crippen LogP contribution >= 0.6 is 11.3 Å². The van der Waals surface area contributed by atoms with Crippen molar-refractivity contribution in [2.24, 2.45) is 5.73 Å². The van der Waals surface area contributed by atoms with Gasteiger partial charge >= 0.3 is 0 Å². The molecule has 0 radical (unpaired) electrons. The number of aromatic nitrogens is 1. The molecule has 0 atom stereocenters. The smallest absolute Gasteiger partial charge is 0.236 e. The highest BCUT2D eigenvalue weighted by Gasteiger charge is 1.98.